The molecule has 0 spiro atoms. The zero-order chi connectivity index (χ0) is 12.0. The summed E-state index contributed by atoms with van der Waals surface area (Å²) < 4.78 is 10.2. The molecule has 1 aromatic carbocycles. The Morgan fingerprint density at radius 3 is 2.50 bits per heavy atom. The number of allylic oxidation sites excluding steroid dienone is 2. The number of nitriles is 1. The minimum Gasteiger partial charge on any atom is -0.493 e. The fraction of sp³-hybridized carbons (Fsp3) is 0.167. The Morgan fingerprint density at radius 1 is 1.31 bits per heavy atom. The Kier molecular flexibility index (Phi) is 4.10. The van der Waals surface area contributed by atoms with Gasteiger partial charge in [-0.15, -0.1) is 0 Å². The second-order valence-electron chi connectivity index (χ2n) is 2.90. The molecule has 0 aromatic heterocycles. The van der Waals surface area contributed by atoms with Gasteiger partial charge in [-0.2, -0.15) is 5.26 Å². The van der Waals surface area contributed by atoms with Gasteiger partial charge >= 0.3 is 0 Å². The molecule has 0 fully saturated rings. The summed E-state index contributed by atoms with van der Waals surface area (Å²) in [5, 5.41) is 8.85. The number of aldehydes is 1. The van der Waals surface area contributed by atoms with Crippen LogP contribution in [0.25, 0.3) is 5.57 Å². The van der Waals surface area contributed by atoms with Crippen LogP contribution in [0, 0.1) is 11.3 Å². The Labute approximate surface area is 93.7 Å². The molecule has 1 rings (SSSR count). The van der Waals surface area contributed by atoms with Crippen LogP contribution in [0.5, 0.6) is 11.5 Å². The molecule has 82 valence electrons. The summed E-state index contributed by atoms with van der Waals surface area (Å²) in [6.45, 7) is 0. The maximum absolute atomic E-state index is 10.3. The number of benzene rings is 1. The van der Waals surface area contributed by atoms with Gasteiger partial charge in [-0.25, -0.2) is 0 Å². The van der Waals surface area contributed by atoms with Crippen molar-refractivity contribution in [3.8, 4) is 17.6 Å². The van der Waals surface area contributed by atoms with E-state index in [9.17, 15) is 4.79 Å². The summed E-state index contributed by atoms with van der Waals surface area (Å²) in [5.41, 5.74) is 0.906. The van der Waals surface area contributed by atoms with Crippen molar-refractivity contribution >= 4 is 11.9 Å². The normalized spacial score (nSPS) is 10.4. The van der Waals surface area contributed by atoms with Crippen LogP contribution in [-0.4, -0.2) is 20.5 Å². The molecule has 0 saturated carbocycles. The number of methoxy groups -OCH3 is 2. The number of hydrogen-bond acceptors (Lipinski definition) is 4. The average molecular weight is 217 g/mol. The van der Waals surface area contributed by atoms with Crippen LogP contribution >= 0.6 is 0 Å². The molecule has 0 aliphatic rings. The van der Waals surface area contributed by atoms with Crippen molar-refractivity contribution in [2.75, 3.05) is 14.2 Å². The zero-order valence-electron chi connectivity index (χ0n) is 9.06. The van der Waals surface area contributed by atoms with Crippen molar-refractivity contribution in [3.05, 3.63) is 29.8 Å². The molecule has 0 saturated heterocycles. The fourth-order valence-corrected chi connectivity index (χ4v) is 1.27. The lowest BCUT2D eigenvalue weighted by atomic mass is 10.1. The predicted molar refractivity (Wildman–Crippen MR) is 59.2 cm³/mol. The van der Waals surface area contributed by atoms with Gasteiger partial charge in [0.25, 0.3) is 0 Å². The van der Waals surface area contributed by atoms with E-state index < -0.39 is 0 Å². The molecular weight excluding hydrogens is 206 g/mol. The Morgan fingerprint density at radius 2 is 2.00 bits per heavy atom. The smallest absolute Gasteiger partial charge is 0.161 e. The summed E-state index contributed by atoms with van der Waals surface area (Å²) in [6, 6.07) is 6.97. The van der Waals surface area contributed by atoms with Gasteiger partial charge in [0.1, 0.15) is 6.29 Å². The van der Waals surface area contributed by atoms with E-state index in [0.29, 0.717) is 23.3 Å². The second kappa shape index (κ2) is 5.56. The number of carbonyl (C=O) groups is 1. The molecule has 0 atom stereocenters. The monoisotopic (exact) mass is 217 g/mol. The summed E-state index contributed by atoms with van der Waals surface area (Å²) in [6.07, 6.45) is 1.79. The largest absolute Gasteiger partial charge is 0.493 e. The van der Waals surface area contributed by atoms with Gasteiger partial charge in [-0.3, -0.25) is 4.79 Å². The van der Waals surface area contributed by atoms with E-state index in [4.69, 9.17) is 14.7 Å². The topological polar surface area (TPSA) is 59.3 Å². The van der Waals surface area contributed by atoms with Gasteiger partial charge in [0.05, 0.1) is 25.9 Å². The van der Waals surface area contributed by atoms with Crippen molar-refractivity contribution in [2.45, 2.75) is 0 Å². The summed E-state index contributed by atoms with van der Waals surface area (Å²) >= 11 is 0. The van der Waals surface area contributed by atoms with Gasteiger partial charge < -0.3 is 9.47 Å². The van der Waals surface area contributed by atoms with E-state index in [1.165, 1.54) is 20.3 Å². The Bertz CT molecular complexity index is 458. The summed E-state index contributed by atoms with van der Waals surface area (Å²) in [4.78, 5) is 10.3. The molecule has 0 radical (unpaired) electrons. The quantitative estimate of drug-likeness (QED) is 0.438. The SMILES string of the molecule is COc1ccc(C(C#N)=CC=O)cc1OC. The molecule has 4 heteroatoms. The average Bonchev–Trinajstić information content (AvgIpc) is 2.35. The molecule has 0 bridgehead atoms. The third kappa shape index (κ3) is 2.39. The van der Waals surface area contributed by atoms with E-state index in [1.807, 2.05) is 6.07 Å². The maximum atomic E-state index is 10.3. The van der Waals surface area contributed by atoms with Crippen molar-refractivity contribution in [2.24, 2.45) is 0 Å². The molecule has 0 amide bonds. The van der Waals surface area contributed by atoms with Crippen LogP contribution < -0.4 is 9.47 Å². The molecular formula is C12H11NO3. The molecule has 0 aliphatic heterocycles. The molecule has 1 aromatic rings. The van der Waals surface area contributed by atoms with Gasteiger partial charge in [-0.05, 0) is 29.8 Å². The van der Waals surface area contributed by atoms with E-state index in [-0.39, 0.29) is 5.57 Å². The summed E-state index contributed by atoms with van der Waals surface area (Å²) in [7, 11) is 3.04. The van der Waals surface area contributed by atoms with Gasteiger partial charge in [0.15, 0.2) is 11.5 Å². The number of rotatable bonds is 4. The minimum absolute atomic E-state index is 0.288. The molecule has 0 unspecified atom stereocenters. The van der Waals surface area contributed by atoms with E-state index >= 15 is 0 Å². The van der Waals surface area contributed by atoms with Crippen LogP contribution in [0.3, 0.4) is 0 Å². The highest BCUT2D eigenvalue weighted by atomic mass is 16.5. The second-order valence-corrected chi connectivity index (χ2v) is 2.90. The highest BCUT2D eigenvalue weighted by Crippen LogP contribution is 2.29. The molecule has 4 nitrogen and oxygen atoms in total. The highest BCUT2D eigenvalue weighted by Gasteiger charge is 2.07. The van der Waals surface area contributed by atoms with Gasteiger partial charge in [0.2, 0.25) is 0 Å². The first-order valence-corrected chi connectivity index (χ1v) is 4.54. The van der Waals surface area contributed by atoms with Crippen molar-refractivity contribution in [1.29, 1.82) is 5.26 Å². The Hall–Kier alpha value is -2.28. The van der Waals surface area contributed by atoms with E-state index in [2.05, 4.69) is 0 Å². The van der Waals surface area contributed by atoms with Gasteiger partial charge in [-0.1, -0.05) is 0 Å². The van der Waals surface area contributed by atoms with Crippen LogP contribution in [0.15, 0.2) is 24.3 Å². The third-order valence-corrected chi connectivity index (χ3v) is 2.05. The van der Waals surface area contributed by atoms with Crippen LogP contribution in [0.4, 0.5) is 0 Å². The van der Waals surface area contributed by atoms with Crippen molar-refractivity contribution in [1.82, 2.24) is 0 Å². The van der Waals surface area contributed by atoms with Crippen molar-refractivity contribution in [3.63, 3.8) is 0 Å². The predicted octanol–water partition coefficient (Wildman–Crippen LogP) is 1.81. The first-order chi connectivity index (χ1) is 7.76. The van der Waals surface area contributed by atoms with Crippen LogP contribution in [0.2, 0.25) is 0 Å². The maximum Gasteiger partial charge on any atom is 0.161 e. The molecule has 16 heavy (non-hydrogen) atoms. The highest BCUT2D eigenvalue weighted by molar-refractivity contribution is 5.88. The van der Waals surface area contributed by atoms with Gasteiger partial charge in [0, 0.05) is 0 Å². The minimum atomic E-state index is 0.288. The lowest BCUT2D eigenvalue weighted by Crippen LogP contribution is -1.92. The van der Waals surface area contributed by atoms with Crippen molar-refractivity contribution < 1.29 is 14.3 Å². The van der Waals surface area contributed by atoms with E-state index in [1.54, 1.807) is 18.2 Å². The molecule has 0 aliphatic carbocycles. The van der Waals surface area contributed by atoms with Crippen LogP contribution in [0.1, 0.15) is 5.56 Å². The number of hydrogen-bond donors (Lipinski definition) is 0. The number of carbonyl (C=O) groups excluding carboxylic acids is 1. The molecule has 0 N–H and O–H groups in total. The van der Waals surface area contributed by atoms with Crippen LogP contribution in [-0.2, 0) is 4.79 Å². The standard InChI is InChI=1S/C12H11NO3/c1-15-11-4-3-9(7-12(11)16-2)10(8-13)5-6-14/h3-7H,1-2H3. The number of nitrogens with zero attached hydrogens (tertiary/aromatic N) is 1. The lowest BCUT2D eigenvalue weighted by molar-refractivity contribution is -0.104. The first-order valence-electron chi connectivity index (χ1n) is 4.54. The summed E-state index contributed by atoms with van der Waals surface area (Å²) in [5.74, 6) is 1.10. The molecule has 0 heterocycles. The Balaban J connectivity index is 3.22. The fourth-order valence-electron chi connectivity index (χ4n) is 1.27. The number of ether oxygens (including phenoxy) is 2. The third-order valence-electron chi connectivity index (χ3n) is 2.05. The lowest BCUT2D eigenvalue weighted by Gasteiger charge is -2.08. The zero-order valence-corrected chi connectivity index (χ0v) is 9.06. The van der Waals surface area contributed by atoms with E-state index in [0.717, 1.165) is 0 Å². The first kappa shape index (κ1) is 11.8.